The van der Waals surface area contributed by atoms with E-state index in [1.807, 2.05) is 0 Å². The van der Waals surface area contributed by atoms with E-state index < -0.39 is 0 Å². The van der Waals surface area contributed by atoms with Gasteiger partial charge in [-0.2, -0.15) is 0 Å². The van der Waals surface area contributed by atoms with Gasteiger partial charge in [0.05, 0.1) is 1.37 Å². The summed E-state index contributed by atoms with van der Waals surface area (Å²) in [7, 11) is 0. The highest BCUT2D eigenvalue weighted by molar-refractivity contribution is 5.10. The Bertz CT molecular complexity index is 243. The second-order valence-corrected chi connectivity index (χ2v) is 2.41. The molecule has 0 bridgehead atoms. The number of hydrogen-bond acceptors (Lipinski definition) is 2. The van der Waals surface area contributed by atoms with E-state index in [0.29, 0.717) is 18.0 Å². The van der Waals surface area contributed by atoms with E-state index in [0.717, 1.165) is 12.8 Å². The van der Waals surface area contributed by atoms with Gasteiger partial charge in [-0.25, -0.2) is 4.98 Å². The molecule has 0 aromatic carbocycles. The Morgan fingerprint density at radius 2 is 2.60 bits per heavy atom. The minimum atomic E-state index is 0.388. The van der Waals surface area contributed by atoms with Gasteiger partial charge in [0.1, 0.15) is 6.10 Å². The second-order valence-electron chi connectivity index (χ2n) is 2.41. The smallest absolute Gasteiger partial charge is 0.213 e. The highest BCUT2D eigenvalue weighted by Crippen LogP contribution is 2.24. The summed E-state index contributed by atoms with van der Waals surface area (Å²) in [5, 5.41) is 0. The number of rotatable bonds is 2. The largest absolute Gasteiger partial charge is 0.474 e. The maximum atomic E-state index is 7.17. The highest BCUT2D eigenvalue weighted by atomic mass is 16.5. The van der Waals surface area contributed by atoms with Crippen molar-refractivity contribution in [2.45, 2.75) is 18.9 Å². The van der Waals surface area contributed by atoms with Crippen LogP contribution < -0.4 is 4.74 Å². The first-order valence-corrected chi connectivity index (χ1v) is 3.44. The van der Waals surface area contributed by atoms with Crippen LogP contribution in [0.5, 0.6) is 5.88 Å². The highest BCUT2D eigenvalue weighted by Gasteiger charge is 2.23. The van der Waals surface area contributed by atoms with Crippen molar-refractivity contribution in [3.8, 4) is 5.88 Å². The van der Waals surface area contributed by atoms with Gasteiger partial charge < -0.3 is 4.74 Å². The van der Waals surface area contributed by atoms with Crippen molar-refractivity contribution in [1.29, 1.82) is 0 Å². The first-order valence-electron chi connectivity index (χ1n) is 3.94. The number of hydrogen-bond donors (Lipinski definition) is 0. The summed E-state index contributed by atoms with van der Waals surface area (Å²) in [6, 6.07) is 3.85. The molecule has 0 amide bonds. The van der Waals surface area contributed by atoms with Crippen molar-refractivity contribution in [2.75, 3.05) is 0 Å². The van der Waals surface area contributed by atoms with Gasteiger partial charge in [-0.3, -0.25) is 0 Å². The van der Waals surface area contributed by atoms with Gasteiger partial charge in [0, 0.05) is 12.3 Å². The van der Waals surface area contributed by atoms with E-state index in [1.165, 1.54) is 6.20 Å². The van der Waals surface area contributed by atoms with Gasteiger partial charge in [-0.1, -0.05) is 6.07 Å². The zero-order valence-corrected chi connectivity index (χ0v) is 5.58. The van der Waals surface area contributed by atoms with Gasteiger partial charge >= 0.3 is 0 Å². The molecule has 2 rings (SSSR count). The van der Waals surface area contributed by atoms with Crippen LogP contribution >= 0.6 is 0 Å². The van der Waals surface area contributed by atoms with Crippen molar-refractivity contribution in [3.05, 3.63) is 24.4 Å². The van der Waals surface area contributed by atoms with Crippen LogP contribution in [0.1, 0.15) is 14.2 Å². The standard InChI is InChI=1S/C8H9NO/c1-2-6-9-8(3-1)10-7-4-5-7/h1-3,6-7H,4-5H2/i2D. The molecule has 2 heteroatoms. The van der Waals surface area contributed by atoms with Crippen molar-refractivity contribution >= 4 is 0 Å². The normalized spacial score (nSPS) is 18.2. The molecule has 0 aliphatic heterocycles. The zero-order chi connectivity index (χ0) is 7.68. The minimum Gasteiger partial charge on any atom is -0.474 e. The molecule has 0 saturated heterocycles. The van der Waals surface area contributed by atoms with Crippen molar-refractivity contribution in [1.82, 2.24) is 4.98 Å². The lowest BCUT2D eigenvalue weighted by molar-refractivity contribution is 0.291. The molecule has 0 atom stereocenters. The van der Waals surface area contributed by atoms with Gasteiger partial charge in [0.2, 0.25) is 5.88 Å². The molecule has 1 saturated carbocycles. The summed E-state index contributed by atoms with van der Waals surface area (Å²) < 4.78 is 12.6. The Morgan fingerprint density at radius 1 is 1.70 bits per heavy atom. The minimum absolute atomic E-state index is 0.388. The third-order valence-corrected chi connectivity index (χ3v) is 1.40. The summed E-state index contributed by atoms with van der Waals surface area (Å²) in [6.07, 6.45) is 4.17. The van der Waals surface area contributed by atoms with E-state index in [9.17, 15) is 0 Å². The summed E-state index contributed by atoms with van der Waals surface area (Å²) in [5.74, 6) is 0.642. The maximum absolute atomic E-state index is 7.17. The molecule has 1 aliphatic rings. The molecule has 1 aromatic heterocycles. The van der Waals surface area contributed by atoms with Gasteiger partial charge in [-0.15, -0.1) is 0 Å². The van der Waals surface area contributed by atoms with Crippen LogP contribution in [-0.4, -0.2) is 11.1 Å². The van der Waals surface area contributed by atoms with E-state index in [2.05, 4.69) is 4.98 Å². The number of ether oxygens (including phenoxy) is 1. The molecule has 0 unspecified atom stereocenters. The fourth-order valence-electron chi connectivity index (χ4n) is 0.733. The molecule has 1 aromatic rings. The average molecular weight is 136 g/mol. The maximum Gasteiger partial charge on any atom is 0.213 e. The van der Waals surface area contributed by atoms with Crippen molar-refractivity contribution in [2.24, 2.45) is 0 Å². The first-order chi connectivity index (χ1) is 5.34. The number of pyridine rings is 1. The summed E-state index contributed by atoms with van der Waals surface area (Å²) in [4.78, 5) is 3.95. The van der Waals surface area contributed by atoms with Gasteiger partial charge in [0.25, 0.3) is 0 Å². The molecular weight excluding hydrogens is 126 g/mol. The third-order valence-electron chi connectivity index (χ3n) is 1.40. The lowest BCUT2D eigenvalue weighted by Crippen LogP contribution is -1.96. The molecule has 1 heterocycles. The molecular formula is C8H9NO. The van der Waals surface area contributed by atoms with Crippen molar-refractivity contribution < 1.29 is 6.11 Å². The topological polar surface area (TPSA) is 22.1 Å². The molecule has 10 heavy (non-hydrogen) atoms. The quantitative estimate of drug-likeness (QED) is 0.616. The fraction of sp³-hybridized carbons (Fsp3) is 0.375. The van der Waals surface area contributed by atoms with E-state index in [-0.39, 0.29) is 0 Å². The fourth-order valence-corrected chi connectivity index (χ4v) is 0.733. The van der Waals surface area contributed by atoms with Gasteiger partial charge in [0.15, 0.2) is 0 Å². The predicted molar refractivity (Wildman–Crippen MR) is 37.9 cm³/mol. The lowest BCUT2D eigenvalue weighted by atomic mass is 10.5. The molecule has 0 radical (unpaired) electrons. The lowest BCUT2D eigenvalue weighted by Gasteiger charge is -1.99. The molecule has 1 fully saturated rings. The van der Waals surface area contributed by atoms with Crippen LogP contribution in [0.25, 0.3) is 0 Å². The molecule has 2 nitrogen and oxygen atoms in total. The van der Waals surface area contributed by atoms with Crippen LogP contribution in [0.15, 0.2) is 24.4 Å². The summed E-state index contributed by atoms with van der Waals surface area (Å²) in [6.45, 7) is 0. The molecule has 0 spiro atoms. The molecule has 52 valence electrons. The van der Waals surface area contributed by atoms with Crippen molar-refractivity contribution in [3.63, 3.8) is 0 Å². The molecule has 0 N–H and O–H groups in total. The second kappa shape index (κ2) is 2.29. The number of aromatic nitrogens is 1. The van der Waals surface area contributed by atoms with Crippen LogP contribution in [-0.2, 0) is 0 Å². The zero-order valence-electron chi connectivity index (χ0n) is 6.58. The summed E-state index contributed by atoms with van der Waals surface area (Å²) in [5.41, 5.74) is 0. The Balaban J connectivity index is 2.06. The first kappa shape index (κ1) is 4.72. The van der Waals surface area contributed by atoms with Crippen LogP contribution in [0, 0.1) is 0 Å². The number of nitrogens with zero attached hydrogens (tertiary/aromatic N) is 1. The van der Waals surface area contributed by atoms with E-state index in [4.69, 9.17) is 6.11 Å². The van der Waals surface area contributed by atoms with Crippen LogP contribution in [0.2, 0.25) is 0 Å². The van der Waals surface area contributed by atoms with Crippen LogP contribution in [0.4, 0.5) is 0 Å². The van der Waals surface area contributed by atoms with E-state index >= 15 is 0 Å². The van der Waals surface area contributed by atoms with Crippen LogP contribution in [0.3, 0.4) is 0 Å². The third kappa shape index (κ3) is 1.26. The average Bonchev–Trinajstić information content (AvgIpc) is 2.78. The van der Waals surface area contributed by atoms with Gasteiger partial charge in [-0.05, 0) is 18.9 Å². The Kier molecular flexibility index (Phi) is 1.08. The summed E-state index contributed by atoms with van der Waals surface area (Å²) >= 11 is 0. The Morgan fingerprint density at radius 3 is 3.20 bits per heavy atom. The predicted octanol–water partition coefficient (Wildman–Crippen LogP) is 1.62. The Hall–Kier alpha value is -1.05. The molecule has 1 aliphatic carbocycles. The Labute approximate surface area is 61.3 Å². The SMILES string of the molecule is [2H]c1ccc(OC2CC2)nc1. The van der Waals surface area contributed by atoms with E-state index in [1.54, 1.807) is 12.1 Å². The monoisotopic (exact) mass is 136 g/mol.